The third-order valence-corrected chi connectivity index (χ3v) is 1.81. The Morgan fingerprint density at radius 3 is 2.71 bits per heavy atom. The van der Waals surface area contributed by atoms with Gasteiger partial charge in [-0.25, -0.2) is 9.59 Å². The highest BCUT2D eigenvalue weighted by Gasteiger charge is 2.09. The summed E-state index contributed by atoms with van der Waals surface area (Å²) in [6.45, 7) is 1.88. The van der Waals surface area contributed by atoms with E-state index in [1.54, 1.807) is 6.92 Å². The van der Waals surface area contributed by atoms with E-state index in [9.17, 15) is 14.7 Å². The molecule has 0 aliphatic rings. The SMILES string of the molecule is CCOC(=O)C#Cc1ccc(O)c(C(=O)O)c1. The smallest absolute Gasteiger partial charge is 0.384 e. The Kier molecular flexibility index (Phi) is 4.12. The van der Waals surface area contributed by atoms with Crippen molar-refractivity contribution in [2.75, 3.05) is 6.61 Å². The second-order valence-electron chi connectivity index (χ2n) is 3.01. The summed E-state index contributed by atoms with van der Waals surface area (Å²) in [6, 6.07) is 3.80. The number of rotatable bonds is 2. The van der Waals surface area contributed by atoms with Gasteiger partial charge in [0.2, 0.25) is 0 Å². The van der Waals surface area contributed by atoms with Gasteiger partial charge in [-0.3, -0.25) is 0 Å². The first-order chi connectivity index (χ1) is 8.04. The van der Waals surface area contributed by atoms with Gasteiger partial charge in [-0.05, 0) is 25.1 Å². The van der Waals surface area contributed by atoms with Crippen molar-refractivity contribution in [3.05, 3.63) is 29.3 Å². The number of hydrogen-bond acceptors (Lipinski definition) is 4. The fourth-order valence-corrected chi connectivity index (χ4v) is 1.08. The average Bonchev–Trinajstić information content (AvgIpc) is 2.28. The monoisotopic (exact) mass is 234 g/mol. The van der Waals surface area contributed by atoms with Gasteiger partial charge in [0.1, 0.15) is 11.3 Å². The Bertz CT molecular complexity index is 507. The molecule has 0 heterocycles. The molecule has 5 heteroatoms. The Morgan fingerprint density at radius 1 is 1.41 bits per heavy atom. The minimum Gasteiger partial charge on any atom is -0.507 e. The molecular weight excluding hydrogens is 224 g/mol. The Hall–Kier alpha value is -2.48. The number of carbonyl (C=O) groups is 2. The van der Waals surface area contributed by atoms with Gasteiger partial charge in [0, 0.05) is 11.5 Å². The average molecular weight is 234 g/mol. The van der Waals surface area contributed by atoms with Crippen LogP contribution in [0.15, 0.2) is 18.2 Å². The summed E-state index contributed by atoms with van der Waals surface area (Å²) in [6.07, 6.45) is 0. The van der Waals surface area contributed by atoms with E-state index in [1.807, 2.05) is 0 Å². The van der Waals surface area contributed by atoms with Crippen LogP contribution in [0, 0.1) is 11.8 Å². The van der Waals surface area contributed by atoms with Crippen molar-refractivity contribution in [2.45, 2.75) is 6.92 Å². The number of aromatic hydroxyl groups is 1. The molecule has 17 heavy (non-hydrogen) atoms. The van der Waals surface area contributed by atoms with Crippen molar-refractivity contribution in [2.24, 2.45) is 0 Å². The molecule has 5 nitrogen and oxygen atoms in total. The zero-order chi connectivity index (χ0) is 12.8. The summed E-state index contributed by atoms with van der Waals surface area (Å²) in [7, 11) is 0. The molecule has 0 amide bonds. The van der Waals surface area contributed by atoms with Crippen LogP contribution >= 0.6 is 0 Å². The van der Waals surface area contributed by atoms with Crippen LogP contribution < -0.4 is 0 Å². The fraction of sp³-hybridized carbons (Fsp3) is 0.167. The molecule has 1 rings (SSSR count). The van der Waals surface area contributed by atoms with E-state index in [2.05, 4.69) is 16.6 Å². The highest BCUT2D eigenvalue weighted by Crippen LogP contribution is 2.17. The largest absolute Gasteiger partial charge is 0.507 e. The second kappa shape index (κ2) is 5.56. The molecule has 0 radical (unpaired) electrons. The van der Waals surface area contributed by atoms with Crippen molar-refractivity contribution < 1.29 is 24.5 Å². The summed E-state index contributed by atoms with van der Waals surface area (Å²) in [5.41, 5.74) is 0.0499. The number of carboxylic acids is 1. The molecule has 0 spiro atoms. The zero-order valence-electron chi connectivity index (χ0n) is 9.06. The van der Waals surface area contributed by atoms with Crippen molar-refractivity contribution in [1.29, 1.82) is 0 Å². The first kappa shape index (κ1) is 12.6. The van der Waals surface area contributed by atoms with E-state index >= 15 is 0 Å². The van der Waals surface area contributed by atoms with Gasteiger partial charge in [0.05, 0.1) is 6.61 Å². The lowest BCUT2D eigenvalue weighted by molar-refractivity contribution is -0.136. The van der Waals surface area contributed by atoms with E-state index in [4.69, 9.17) is 5.11 Å². The minimum absolute atomic E-state index is 0.226. The van der Waals surface area contributed by atoms with E-state index < -0.39 is 11.9 Å². The highest BCUT2D eigenvalue weighted by molar-refractivity contribution is 5.92. The zero-order valence-corrected chi connectivity index (χ0v) is 9.06. The van der Waals surface area contributed by atoms with Crippen molar-refractivity contribution >= 4 is 11.9 Å². The van der Waals surface area contributed by atoms with Gasteiger partial charge in [0.15, 0.2) is 0 Å². The molecule has 0 aromatic heterocycles. The Morgan fingerprint density at radius 2 is 2.12 bits per heavy atom. The predicted molar refractivity (Wildman–Crippen MR) is 58.6 cm³/mol. The summed E-state index contributed by atoms with van der Waals surface area (Å²) in [4.78, 5) is 21.7. The molecule has 2 N–H and O–H groups in total. The van der Waals surface area contributed by atoms with E-state index in [1.165, 1.54) is 18.2 Å². The van der Waals surface area contributed by atoms with Crippen LogP contribution in [-0.2, 0) is 9.53 Å². The number of esters is 1. The third-order valence-electron chi connectivity index (χ3n) is 1.81. The van der Waals surface area contributed by atoms with Crippen LogP contribution in [0.3, 0.4) is 0 Å². The number of hydrogen-bond donors (Lipinski definition) is 2. The summed E-state index contributed by atoms with van der Waals surface area (Å²) in [5.74, 6) is 2.36. The van der Waals surface area contributed by atoms with Gasteiger partial charge in [0.25, 0.3) is 0 Å². The van der Waals surface area contributed by atoms with E-state index in [0.717, 1.165) is 0 Å². The van der Waals surface area contributed by atoms with Crippen molar-refractivity contribution in [1.82, 2.24) is 0 Å². The lowest BCUT2D eigenvalue weighted by atomic mass is 10.1. The molecular formula is C12H10O5. The van der Waals surface area contributed by atoms with Crippen molar-refractivity contribution in [3.63, 3.8) is 0 Å². The van der Waals surface area contributed by atoms with Crippen molar-refractivity contribution in [3.8, 4) is 17.6 Å². The third kappa shape index (κ3) is 3.54. The molecule has 0 fully saturated rings. The molecule has 0 saturated carbocycles. The quantitative estimate of drug-likeness (QED) is 0.589. The van der Waals surface area contributed by atoms with Crippen LogP contribution in [0.25, 0.3) is 0 Å². The summed E-state index contributed by atoms with van der Waals surface area (Å²) >= 11 is 0. The molecule has 0 atom stereocenters. The topological polar surface area (TPSA) is 83.8 Å². The van der Waals surface area contributed by atoms with Crippen LogP contribution in [0.4, 0.5) is 0 Å². The first-order valence-electron chi connectivity index (χ1n) is 4.79. The molecule has 0 saturated heterocycles. The maximum absolute atomic E-state index is 10.9. The minimum atomic E-state index is -1.26. The molecule has 0 bridgehead atoms. The maximum atomic E-state index is 10.9. The molecule has 0 aliphatic heterocycles. The second-order valence-corrected chi connectivity index (χ2v) is 3.01. The van der Waals surface area contributed by atoms with Gasteiger partial charge >= 0.3 is 11.9 Å². The molecule has 88 valence electrons. The van der Waals surface area contributed by atoms with E-state index in [-0.39, 0.29) is 17.9 Å². The molecule has 0 aliphatic carbocycles. The molecule has 0 unspecified atom stereocenters. The van der Waals surface area contributed by atoms with Crippen LogP contribution in [-0.4, -0.2) is 28.8 Å². The molecule has 1 aromatic rings. The Labute approximate surface area is 97.6 Å². The van der Waals surface area contributed by atoms with E-state index in [0.29, 0.717) is 5.56 Å². The standard InChI is InChI=1S/C12H10O5/c1-2-17-11(14)6-4-8-3-5-10(13)9(7-8)12(15)16/h3,5,7,13H,2H2,1H3,(H,15,16). The van der Waals surface area contributed by atoms with Gasteiger partial charge in [-0.2, -0.15) is 0 Å². The number of carbonyl (C=O) groups excluding carboxylic acids is 1. The number of aromatic carboxylic acids is 1. The van der Waals surface area contributed by atoms with Crippen LogP contribution in [0.1, 0.15) is 22.8 Å². The summed E-state index contributed by atoms with van der Waals surface area (Å²) < 4.78 is 4.59. The maximum Gasteiger partial charge on any atom is 0.384 e. The normalized spacial score (nSPS) is 9.00. The van der Waals surface area contributed by atoms with Crippen LogP contribution in [0.2, 0.25) is 0 Å². The number of phenols is 1. The first-order valence-corrected chi connectivity index (χ1v) is 4.79. The number of carboxylic acid groups (broad SMARTS) is 1. The Balaban J connectivity index is 2.97. The van der Waals surface area contributed by atoms with Gasteiger partial charge in [-0.1, -0.05) is 5.92 Å². The lowest BCUT2D eigenvalue weighted by Gasteiger charge is -1.99. The van der Waals surface area contributed by atoms with Gasteiger partial charge < -0.3 is 14.9 Å². The lowest BCUT2D eigenvalue weighted by Crippen LogP contribution is -2.00. The highest BCUT2D eigenvalue weighted by atomic mass is 16.5. The summed E-state index contributed by atoms with van der Waals surface area (Å²) in [5, 5.41) is 18.0. The predicted octanol–water partition coefficient (Wildman–Crippen LogP) is 1.01. The van der Waals surface area contributed by atoms with Gasteiger partial charge in [-0.15, -0.1) is 0 Å². The molecule has 1 aromatic carbocycles. The number of benzene rings is 1. The van der Waals surface area contributed by atoms with Crippen LogP contribution in [0.5, 0.6) is 5.75 Å². The fourth-order valence-electron chi connectivity index (χ4n) is 1.08. The number of ether oxygens (including phenoxy) is 1.